The van der Waals surface area contributed by atoms with Crippen LogP contribution in [0.2, 0.25) is 0 Å². The largest absolute Gasteiger partial charge is 1.00 e. The Balaban J connectivity index is 0.00000176. The highest BCUT2D eigenvalue weighted by atomic mass is 79.9. The molecule has 0 bridgehead atoms. The maximum Gasteiger partial charge on any atom is 0.339 e. The molecule has 114 valence electrons. The molecule has 0 saturated heterocycles. The number of nitro benzene ring substituents is 1. The molecule has 2 aromatic carbocycles. The summed E-state index contributed by atoms with van der Waals surface area (Å²) < 4.78 is 7.30. The van der Waals surface area contributed by atoms with E-state index in [2.05, 4.69) is 6.07 Å². The van der Waals surface area contributed by atoms with Crippen LogP contribution in [-0.2, 0) is 6.42 Å². The zero-order chi connectivity index (χ0) is 14.8. The molecule has 0 saturated carbocycles. The van der Waals surface area contributed by atoms with E-state index in [0.717, 1.165) is 17.7 Å². The van der Waals surface area contributed by atoms with Crippen molar-refractivity contribution >= 4 is 17.6 Å². The van der Waals surface area contributed by atoms with Crippen LogP contribution in [0.1, 0.15) is 11.1 Å². The molecule has 0 fully saturated rings. The minimum absolute atomic E-state index is 0. The second kappa shape index (κ2) is 6.70. The first-order valence-electron chi connectivity index (χ1n) is 6.71. The predicted molar refractivity (Wildman–Crippen MR) is 79.7 cm³/mol. The predicted octanol–water partition coefficient (Wildman–Crippen LogP) is -0.0734. The van der Waals surface area contributed by atoms with Crippen LogP contribution >= 0.6 is 0 Å². The maximum atomic E-state index is 11.2. The summed E-state index contributed by atoms with van der Waals surface area (Å²) in [6.07, 6.45) is 2.76. The van der Waals surface area contributed by atoms with Gasteiger partial charge in [-0.15, -0.1) is 0 Å². The van der Waals surface area contributed by atoms with Gasteiger partial charge in [-0.05, 0) is 11.6 Å². The molecule has 0 unspecified atom stereocenters. The number of fused-ring (bicyclic) bond motifs is 1. The van der Waals surface area contributed by atoms with Gasteiger partial charge in [-0.25, -0.2) is 0 Å². The quantitative estimate of drug-likeness (QED) is 0.436. The van der Waals surface area contributed by atoms with E-state index in [4.69, 9.17) is 4.74 Å². The highest BCUT2D eigenvalue weighted by Gasteiger charge is 2.27. The fraction of sp³-hybridized carbons (Fsp3) is 0.188. The number of nitrogens with zero attached hydrogens (tertiary/aromatic N) is 2. The Labute approximate surface area is 138 Å². The van der Waals surface area contributed by atoms with Crippen LogP contribution in [-0.4, -0.2) is 29.4 Å². The van der Waals surface area contributed by atoms with Gasteiger partial charge in [0.25, 0.3) is 5.69 Å². The number of methoxy groups -OCH3 is 1. The average Bonchev–Trinajstić information content (AvgIpc) is 2.53. The lowest BCUT2D eigenvalue weighted by atomic mass is 10.0. The van der Waals surface area contributed by atoms with E-state index in [1.165, 1.54) is 11.6 Å². The number of hydrogen-bond donors (Lipinski definition) is 0. The van der Waals surface area contributed by atoms with E-state index in [9.17, 15) is 10.1 Å². The SMILES string of the molecule is COc1cccc2c1C=[N+](c1ccccc1[N+](=O)[O-])CC2.[Br-]. The third-order valence-electron chi connectivity index (χ3n) is 3.67. The summed E-state index contributed by atoms with van der Waals surface area (Å²) in [5, 5.41) is 11.2. The van der Waals surface area contributed by atoms with E-state index in [1.54, 1.807) is 19.2 Å². The van der Waals surface area contributed by atoms with E-state index in [0.29, 0.717) is 12.2 Å². The summed E-state index contributed by atoms with van der Waals surface area (Å²) in [7, 11) is 1.63. The lowest BCUT2D eigenvalue weighted by Crippen LogP contribution is -3.00. The normalized spacial score (nSPS) is 12.7. The van der Waals surface area contributed by atoms with Crippen molar-refractivity contribution in [1.29, 1.82) is 0 Å². The molecule has 1 aliphatic rings. The molecule has 0 spiro atoms. The van der Waals surface area contributed by atoms with Crippen LogP contribution in [0, 0.1) is 10.1 Å². The van der Waals surface area contributed by atoms with Crippen molar-refractivity contribution in [2.45, 2.75) is 6.42 Å². The Morgan fingerprint density at radius 1 is 1.18 bits per heavy atom. The van der Waals surface area contributed by atoms with Crippen molar-refractivity contribution in [1.82, 2.24) is 0 Å². The van der Waals surface area contributed by atoms with Crippen LogP contribution in [0.25, 0.3) is 0 Å². The molecule has 0 aliphatic carbocycles. The number of ether oxygens (including phenoxy) is 1. The summed E-state index contributed by atoms with van der Waals surface area (Å²) in [4.78, 5) is 10.8. The molecule has 0 atom stereocenters. The summed E-state index contributed by atoms with van der Waals surface area (Å²) in [5.41, 5.74) is 2.92. The van der Waals surface area contributed by atoms with Crippen LogP contribution in [0.15, 0.2) is 42.5 Å². The minimum atomic E-state index is -0.346. The Kier molecular flexibility index (Phi) is 4.92. The smallest absolute Gasteiger partial charge is 0.339 e. The molecule has 0 radical (unpaired) electrons. The van der Waals surface area contributed by atoms with Gasteiger partial charge in [0.15, 0.2) is 12.8 Å². The number of para-hydroxylation sites is 2. The van der Waals surface area contributed by atoms with Crippen molar-refractivity contribution in [3.8, 4) is 5.75 Å². The molecular weight excluding hydrogens is 348 g/mol. The molecule has 2 aromatic rings. The van der Waals surface area contributed by atoms with Gasteiger partial charge in [-0.1, -0.05) is 24.3 Å². The second-order valence-corrected chi connectivity index (χ2v) is 4.85. The Morgan fingerprint density at radius 3 is 2.68 bits per heavy atom. The molecule has 0 aromatic heterocycles. The molecule has 0 N–H and O–H groups in total. The van der Waals surface area contributed by atoms with Gasteiger partial charge in [0.2, 0.25) is 0 Å². The van der Waals surface area contributed by atoms with Gasteiger partial charge in [0, 0.05) is 18.6 Å². The minimum Gasteiger partial charge on any atom is -1.00 e. The zero-order valence-corrected chi connectivity index (χ0v) is 13.6. The van der Waals surface area contributed by atoms with E-state index in [1.807, 2.05) is 29.0 Å². The molecule has 6 heteroatoms. The van der Waals surface area contributed by atoms with Crippen molar-refractivity contribution in [3.63, 3.8) is 0 Å². The maximum absolute atomic E-state index is 11.2. The monoisotopic (exact) mass is 362 g/mol. The summed E-state index contributed by atoms with van der Waals surface area (Å²) in [6, 6.07) is 12.7. The molecular formula is C16H15BrN2O3. The number of halogens is 1. The molecule has 1 aliphatic heterocycles. The number of rotatable bonds is 3. The molecule has 0 amide bonds. The molecule has 22 heavy (non-hydrogen) atoms. The van der Waals surface area contributed by atoms with Gasteiger partial charge in [0.1, 0.15) is 5.75 Å². The third-order valence-corrected chi connectivity index (χ3v) is 3.67. The van der Waals surface area contributed by atoms with Crippen LogP contribution in [0.5, 0.6) is 5.75 Å². The summed E-state index contributed by atoms with van der Waals surface area (Å²) in [5.74, 6) is 0.788. The Morgan fingerprint density at radius 2 is 1.95 bits per heavy atom. The topological polar surface area (TPSA) is 55.4 Å². The standard InChI is InChI=1S/C16H15N2O3.BrH/c1-21-16-8-4-5-12-9-10-17(11-13(12)16)14-6-2-3-7-15(14)18(19)20;/h2-8,11H,9-10H2,1H3;1H/q+1;/p-1. The summed E-state index contributed by atoms with van der Waals surface area (Å²) in [6.45, 7) is 0.713. The van der Waals surface area contributed by atoms with Crippen molar-refractivity contribution < 1.29 is 31.2 Å². The van der Waals surface area contributed by atoms with Gasteiger partial charge in [-0.2, -0.15) is 4.58 Å². The van der Waals surface area contributed by atoms with Crippen molar-refractivity contribution in [3.05, 3.63) is 63.7 Å². The lowest BCUT2D eigenvalue weighted by molar-refractivity contribution is -0.454. The van der Waals surface area contributed by atoms with Gasteiger partial charge >= 0.3 is 5.69 Å². The molecule has 1 heterocycles. The fourth-order valence-electron chi connectivity index (χ4n) is 2.64. The Bertz CT molecular complexity index is 744. The van der Waals surface area contributed by atoms with Gasteiger partial charge in [0.05, 0.1) is 17.6 Å². The first-order valence-corrected chi connectivity index (χ1v) is 6.71. The second-order valence-electron chi connectivity index (χ2n) is 4.85. The first-order chi connectivity index (χ1) is 10.2. The number of hydrogen-bond acceptors (Lipinski definition) is 3. The van der Waals surface area contributed by atoms with Crippen molar-refractivity contribution in [2.24, 2.45) is 0 Å². The van der Waals surface area contributed by atoms with E-state index < -0.39 is 0 Å². The van der Waals surface area contributed by atoms with Crippen LogP contribution in [0.4, 0.5) is 11.4 Å². The average molecular weight is 363 g/mol. The van der Waals surface area contributed by atoms with E-state index >= 15 is 0 Å². The fourth-order valence-corrected chi connectivity index (χ4v) is 2.64. The zero-order valence-electron chi connectivity index (χ0n) is 12.0. The molecule has 5 nitrogen and oxygen atoms in total. The highest BCUT2D eigenvalue weighted by Crippen LogP contribution is 2.30. The molecule has 3 rings (SSSR count). The van der Waals surface area contributed by atoms with E-state index in [-0.39, 0.29) is 27.6 Å². The van der Waals surface area contributed by atoms with Crippen LogP contribution in [0.3, 0.4) is 0 Å². The van der Waals surface area contributed by atoms with Crippen LogP contribution < -0.4 is 21.7 Å². The highest BCUT2D eigenvalue weighted by molar-refractivity contribution is 5.84. The number of benzene rings is 2. The van der Waals surface area contributed by atoms with Crippen molar-refractivity contribution in [2.75, 3.05) is 13.7 Å². The lowest BCUT2D eigenvalue weighted by Gasteiger charge is -2.14. The van der Waals surface area contributed by atoms with Gasteiger partial charge in [-0.3, -0.25) is 10.1 Å². The Hall–Kier alpha value is -2.21. The van der Waals surface area contributed by atoms with Gasteiger partial charge < -0.3 is 21.7 Å². The summed E-state index contributed by atoms with van der Waals surface area (Å²) >= 11 is 0. The first kappa shape index (κ1) is 16.2. The number of nitro groups is 1. The third kappa shape index (κ3) is 2.87.